The minimum Gasteiger partial charge on any atom is -0.396 e. The van der Waals surface area contributed by atoms with Gasteiger partial charge in [-0.1, -0.05) is 74.0 Å². The van der Waals surface area contributed by atoms with Crippen LogP contribution in [-0.2, 0) is 45.5 Å². The van der Waals surface area contributed by atoms with Crippen molar-refractivity contribution in [2.45, 2.75) is 95.7 Å². The molecule has 0 saturated carbocycles. The van der Waals surface area contributed by atoms with Gasteiger partial charge in [0, 0.05) is 26.9 Å². The zero-order valence-corrected chi connectivity index (χ0v) is 34.4. The highest BCUT2D eigenvalue weighted by Crippen LogP contribution is 2.24. The van der Waals surface area contributed by atoms with E-state index in [1.807, 2.05) is 81.4 Å². The smallest absolute Gasteiger partial charge is 0.290 e. The first kappa shape index (κ1) is 46.3. The highest BCUT2D eigenvalue weighted by Gasteiger charge is 2.38. The summed E-state index contributed by atoms with van der Waals surface area (Å²) < 4.78 is 6.23. The molecule has 1 fully saturated rings. The quantitative estimate of drug-likeness (QED) is 0.0697. The Morgan fingerprint density at radius 3 is 2.23 bits per heavy atom. The summed E-state index contributed by atoms with van der Waals surface area (Å²) in [7, 11) is 3.93. The summed E-state index contributed by atoms with van der Waals surface area (Å²) in [5, 5.41) is 30.7. The third kappa shape index (κ3) is 14.4. The van der Waals surface area contributed by atoms with Gasteiger partial charge in [-0.05, 0) is 68.0 Å². The van der Waals surface area contributed by atoms with Crippen LogP contribution in [0.25, 0.3) is 0 Å². The standard InChI is InChI=1S/C35H46N9O6P.C4H10O2/c1-5-13-24(37-31(48)25-18-12-19-43(25)34(50)33(51)39-26(45)20-22-14-8-6-9-15-22)29(47)32(49)36-21-27(46)38-28(23-16-10-7-11-17-23)30-40-41-42-44(30)35(2,3)4;1-6-4-2-3-5/h6-11,14-17,24-25,28,33H,5,12-13,18-21,51H2,1-4H3,(H,36,49)(H,37,48)(H,38,46)(H,39,45);5H,2-4H2,1H3/t24?,25-,28?,33-;/m0./s1. The Morgan fingerprint density at radius 2 is 1.63 bits per heavy atom. The molecule has 0 radical (unpaired) electrons. The summed E-state index contributed by atoms with van der Waals surface area (Å²) in [6.07, 6.45) is 2.38. The van der Waals surface area contributed by atoms with Gasteiger partial charge in [-0.15, -0.1) is 14.3 Å². The molecule has 310 valence electrons. The van der Waals surface area contributed by atoms with E-state index in [4.69, 9.17) is 5.11 Å². The van der Waals surface area contributed by atoms with E-state index in [1.54, 1.807) is 18.7 Å². The predicted molar refractivity (Wildman–Crippen MR) is 214 cm³/mol. The van der Waals surface area contributed by atoms with Crippen molar-refractivity contribution in [2.75, 3.05) is 33.4 Å². The molecule has 1 saturated heterocycles. The molecule has 1 aliphatic heterocycles. The number of ether oxygens (including phenoxy) is 1. The zero-order valence-electron chi connectivity index (χ0n) is 33.3. The van der Waals surface area contributed by atoms with E-state index in [2.05, 4.69) is 50.8 Å². The van der Waals surface area contributed by atoms with E-state index in [0.717, 1.165) is 12.0 Å². The minimum atomic E-state index is -1.17. The van der Waals surface area contributed by atoms with Crippen molar-refractivity contribution in [2.24, 2.45) is 0 Å². The Hall–Kier alpha value is -5.12. The van der Waals surface area contributed by atoms with Gasteiger partial charge in [-0.2, -0.15) is 0 Å². The average molecular weight is 810 g/mol. The number of likely N-dealkylation sites (tertiary alicyclic amines) is 1. The lowest BCUT2D eigenvalue weighted by Gasteiger charge is -2.28. The number of methoxy groups -OCH3 is 1. The van der Waals surface area contributed by atoms with Gasteiger partial charge in [-0.25, -0.2) is 4.68 Å². The first-order chi connectivity index (χ1) is 27.2. The Balaban J connectivity index is 0.00000134. The van der Waals surface area contributed by atoms with Crippen molar-refractivity contribution < 1.29 is 38.6 Å². The number of hydrogen-bond acceptors (Lipinski definition) is 11. The Labute approximate surface area is 335 Å². The summed E-state index contributed by atoms with van der Waals surface area (Å²) in [5.74, 6) is -4.48. The number of rotatable bonds is 18. The second-order valence-corrected chi connectivity index (χ2v) is 15.1. The van der Waals surface area contributed by atoms with Crippen molar-refractivity contribution in [1.29, 1.82) is 0 Å². The number of ketones is 1. The number of aliphatic hydroxyl groups excluding tert-OH is 1. The van der Waals surface area contributed by atoms with Crippen LogP contribution in [0.5, 0.6) is 0 Å². The van der Waals surface area contributed by atoms with Crippen LogP contribution in [0.1, 0.15) is 82.8 Å². The number of carbonyl (C=O) groups is 6. The van der Waals surface area contributed by atoms with E-state index in [9.17, 15) is 28.8 Å². The Morgan fingerprint density at radius 1 is 0.965 bits per heavy atom. The summed E-state index contributed by atoms with van der Waals surface area (Å²) in [5.41, 5.74) is 1.01. The molecule has 5 amide bonds. The maximum Gasteiger partial charge on any atom is 0.290 e. The molecule has 2 heterocycles. The maximum atomic E-state index is 13.4. The lowest BCUT2D eigenvalue weighted by Crippen LogP contribution is -2.55. The lowest BCUT2D eigenvalue weighted by atomic mass is 10.0. The molecule has 3 unspecified atom stereocenters. The fraction of sp³-hybridized carbons (Fsp3) is 0.513. The van der Waals surface area contributed by atoms with Gasteiger partial charge in [0.2, 0.25) is 29.4 Å². The fourth-order valence-corrected chi connectivity index (χ4v) is 6.37. The van der Waals surface area contributed by atoms with Crippen molar-refractivity contribution in [1.82, 2.24) is 46.4 Å². The molecule has 18 heteroatoms. The third-order valence-corrected chi connectivity index (χ3v) is 9.26. The zero-order chi connectivity index (χ0) is 42.0. The van der Waals surface area contributed by atoms with Crippen molar-refractivity contribution in [3.63, 3.8) is 0 Å². The number of amides is 5. The van der Waals surface area contributed by atoms with E-state index in [1.165, 1.54) is 4.90 Å². The Bertz CT molecular complexity index is 1770. The van der Waals surface area contributed by atoms with Gasteiger partial charge in [0.1, 0.15) is 17.9 Å². The van der Waals surface area contributed by atoms with Crippen molar-refractivity contribution in [3.8, 4) is 0 Å². The molecule has 17 nitrogen and oxygen atoms in total. The molecule has 1 aliphatic rings. The van der Waals surface area contributed by atoms with Crippen LogP contribution in [-0.4, -0.2) is 117 Å². The SMILES string of the molecule is CCCC(NC(=O)[C@@H]1CCCN1C(=O)[C@H](P)NC(=O)Cc1ccccc1)C(=O)C(=O)NCC(=O)NC(c1ccccc1)c1nnnn1C(C)(C)C.COCCCO. The molecule has 5 atom stereocenters. The van der Waals surface area contributed by atoms with E-state index in [-0.39, 0.29) is 25.4 Å². The van der Waals surface area contributed by atoms with Crippen LogP contribution in [0.4, 0.5) is 0 Å². The van der Waals surface area contributed by atoms with E-state index >= 15 is 0 Å². The number of nitrogens with zero attached hydrogens (tertiary/aromatic N) is 5. The van der Waals surface area contributed by atoms with Crippen LogP contribution in [0.2, 0.25) is 0 Å². The summed E-state index contributed by atoms with van der Waals surface area (Å²) in [4.78, 5) is 80.0. The van der Waals surface area contributed by atoms with Crippen molar-refractivity contribution >= 4 is 44.6 Å². The van der Waals surface area contributed by atoms with E-state index in [0.29, 0.717) is 43.8 Å². The number of carbonyl (C=O) groups excluding carboxylic acids is 6. The van der Waals surface area contributed by atoms with Crippen LogP contribution in [0, 0.1) is 0 Å². The van der Waals surface area contributed by atoms with Gasteiger partial charge in [-0.3, -0.25) is 28.8 Å². The first-order valence-corrected chi connectivity index (χ1v) is 19.6. The monoisotopic (exact) mass is 809 g/mol. The first-order valence-electron chi connectivity index (χ1n) is 19.0. The topological polar surface area (TPSA) is 227 Å². The molecule has 57 heavy (non-hydrogen) atoms. The van der Waals surface area contributed by atoms with Gasteiger partial charge in [0.15, 0.2) is 5.82 Å². The Kier molecular flexibility index (Phi) is 18.8. The minimum absolute atomic E-state index is 0.0958. The van der Waals surface area contributed by atoms with Gasteiger partial charge < -0.3 is 36.0 Å². The molecule has 0 spiro atoms. The predicted octanol–water partition coefficient (Wildman–Crippen LogP) is 1.17. The van der Waals surface area contributed by atoms with Gasteiger partial charge >= 0.3 is 0 Å². The molecule has 0 aliphatic carbocycles. The van der Waals surface area contributed by atoms with Crippen LogP contribution in [0.15, 0.2) is 60.7 Å². The highest BCUT2D eigenvalue weighted by molar-refractivity contribution is 7.19. The normalized spacial score (nSPS) is 15.3. The number of tetrazole rings is 1. The lowest BCUT2D eigenvalue weighted by molar-refractivity contribution is -0.142. The van der Waals surface area contributed by atoms with Crippen LogP contribution in [0.3, 0.4) is 0 Å². The molecule has 3 aromatic rings. The summed E-state index contributed by atoms with van der Waals surface area (Å²) in [6, 6.07) is 15.4. The molecule has 1 aromatic heterocycles. The fourth-order valence-electron chi connectivity index (χ4n) is 6.00. The summed E-state index contributed by atoms with van der Waals surface area (Å²) in [6.45, 7) is 8.23. The molecular weight excluding hydrogens is 753 g/mol. The van der Waals surface area contributed by atoms with Gasteiger partial charge in [0.25, 0.3) is 5.91 Å². The average Bonchev–Trinajstić information content (AvgIpc) is 3.90. The number of aliphatic hydroxyl groups is 1. The molecule has 4 rings (SSSR count). The second-order valence-electron chi connectivity index (χ2n) is 14.4. The molecule has 2 aromatic carbocycles. The summed E-state index contributed by atoms with van der Waals surface area (Å²) >= 11 is 0. The van der Waals surface area contributed by atoms with Crippen molar-refractivity contribution in [3.05, 3.63) is 77.6 Å². The molecule has 0 bridgehead atoms. The number of benzene rings is 2. The van der Waals surface area contributed by atoms with Crippen LogP contribution >= 0.6 is 9.24 Å². The second kappa shape index (κ2) is 23.2. The third-order valence-electron chi connectivity index (χ3n) is 8.80. The van der Waals surface area contributed by atoms with E-state index < -0.39 is 65.4 Å². The molecular formula is C39H56N9O8P. The van der Waals surface area contributed by atoms with Crippen LogP contribution < -0.4 is 21.3 Å². The number of aromatic nitrogens is 4. The highest BCUT2D eigenvalue weighted by atomic mass is 31.0. The van der Waals surface area contributed by atoms with Gasteiger partial charge in [0.05, 0.1) is 24.5 Å². The maximum absolute atomic E-state index is 13.4. The molecule has 5 N–H and O–H groups in total. The largest absolute Gasteiger partial charge is 0.396 e. The number of Topliss-reactive ketones (excluding diaryl/α,β-unsaturated/α-hetero) is 1. The number of hydrogen-bond donors (Lipinski definition) is 5. The number of nitrogens with one attached hydrogen (secondary N) is 4.